The molecule has 1 saturated carbocycles. The fraction of sp³-hybridized carbons (Fsp3) is 0.556. The van der Waals surface area contributed by atoms with Crippen LogP contribution in [0.4, 0.5) is 20.6 Å². The zero-order chi connectivity index (χ0) is 18.4. The molecule has 0 unspecified atom stereocenters. The molecule has 0 aromatic heterocycles. The van der Waals surface area contributed by atoms with E-state index < -0.39 is 5.82 Å². The van der Waals surface area contributed by atoms with E-state index in [0.29, 0.717) is 12.3 Å². The van der Waals surface area contributed by atoms with Gasteiger partial charge in [0.05, 0.1) is 17.8 Å². The maximum absolute atomic E-state index is 13.9. The maximum atomic E-state index is 13.9. The molecular weight excluding hydrogens is 325 g/mol. The molecule has 7 heteroatoms. The predicted molar refractivity (Wildman–Crippen MR) is 95.1 cm³/mol. The average Bonchev–Trinajstić information content (AvgIpc) is 2.98. The topological polar surface area (TPSA) is 79.5 Å². The van der Waals surface area contributed by atoms with Gasteiger partial charge < -0.3 is 20.7 Å². The van der Waals surface area contributed by atoms with Gasteiger partial charge in [-0.2, -0.15) is 0 Å². The molecule has 1 aromatic rings. The Morgan fingerprint density at radius 1 is 1.24 bits per heavy atom. The Hall–Kier alpha value is -2.15. The number of amides is 3. The first-order chi connectivity index (χ1) is 11.8. The molecule has 3 N–H and O–H groups in total. The number of anilines is 2. The lowest BCUT2D eigenvalue weighted by molar-refractivity contribution is -0.118. The van der Waals surface area contributed by atoms with Crippen molar-refractivity contribution >= 4 is 23.3 Å². The number of carbonyl (C=O) groups excluding carboxylic acids is 2. The van der Waals surface area contributed by atoms with Gasteiger partial charge in [-0.05, 0) is 31.0 Å². The molecule has 0 bridgehead atoms. The summed E-state index contributed by atoms with van der Waals surface area (Å²) in [6, 6.07) is 3.71. The van der Waals surface area contributed by atoms with Gasteiger partial charge in [-0.25, -0.2) is 9.18 Å². The first kappa shape index (κ1) is 19.2. The quantitative estimate of drug-likeness (QED) is 0.734. The Balaban J connectivity index is 2.04. The second-order valence-electron chi connectivity index (χ2n) is 6.84. The van der Waals surface area contributed by atoms with Crippen LogP contribution in [0.3, 0.4) is 0 Å². The molecule has 0 heterocycles. The number of urea groups is 1. The van der Waals surface area contributed by atoms with E-state index in [1.54, 1.807) is 21.0 Å². The van der Waals surface area contributed by atoms with E-state index in [1.807, 2.05) is 0 Å². The Morgan fingerprint density at radius 2 is 1.92 bits per heavy atom. The molecule has 2 rings (SSSR count). The minimum Gasteiger partial charge on any atom is -0.382 e. The van der Waals surface area contributed by atoms with E-state index in [9.17, 15) is 14.0 Å². The van der Waals surface area contributed by atoms with Crippen LogP contribution in [0.25, 0.3) is 0 Å². The summed E-state index contributed by atoms with van der Waals surface area (Å²) in [7, 11) is 1.61. The molecule has 1 fully saturated rings. The molecule has 0 spiro atoms. The smallest absolute Gasteiger partial charge is 0.319 e. The largest absolute Gasteiger partial charge is 0.382 e. The summed E-state index contributed by atoms with van der Waals surface area (Å²) < 4.78 is 19.1. The van der Waals surface area contributed by atoms with E-state index >= 15 is 0 Å². The van der Waals surface area contributed by atoms with Crippen LogP contribution in [0.15, 0.2) is 18.2 Å². The molecule has 0 radical (unpaired) electrons. The summed E-state index contributed by atoms with van der Waals surface area (Å²) in [5.41, 5.74) is 0.0978. The first-order valence-electron chi connectivity index (χ1n) is 8.54. The third kappa shape index (κ3) is 5.16. The van der Waals surface area contributed by atoms with Gasteiger partial charge in [-0.3, -0.25) is 4.79 Å². The summed E-state index contributed by atoms with van der Waals surface area (Å²) in [5, 5.41) is 8.20. The van der Waals surface area contributed by atoms with Crippen molar-refractivity contribution in [1.29, 1.82) is 0 Å². The molecule has 0 atom stereocenters. The third-order valence-electron chi connectivity index (χ3n) is 4.37. The molecule has 0 saturated heterocycles. The normalized spacial score (nSPS) is 15.9. The van der Waals surface area contributed by atoms with Gasteiger partial charge >= 0.3 is 6.03 Å². The van der Waals surface area contributed by atoms with Crippen LogP contribution in [0.5, 0.6) is 0 Å². The molecule has 138 valence electrons. The van der Waals surface area contributed by atoms with Gasteiger partial charge in [-0.1, -0.05) is 26.7 Å². The van der Waals surface area contributed by atoms with Crippen LogP contribution in [-0.2, 0) is 9.53 Å². The number of hydrogen-bond acceptors (Lipinski definition) is 3. The highest BCUT2D eigenvalue weighted by atomic mass is 19.1. The van der Waals surface area contributed by atoms with Crippen LogP contribution >= 0.6 is 0 Å². The number of ether oxygens (including phenoxy) is 1. The number of methoxy groups -OCH3 is 1. The molecule has 0 aliphatic heterocycles. The maximum Gasteiger partial charge on any atom is 0.319 e. The Kier molecular flexibility index (Phi) is 6.36. The van der Waals surface area contributed by atoms with E-state index in [0.717, 1.165) is 25.7 Å². The van der Waals surface area contributed by atoms with E-state index in [-0.39, 0.29) is 29.1 Å². The number of halogens is 1. The van der Waals surface area contributed by atoms with Crippen molar-refractivity contribution in [1.82, 2.24) is 5.32 Å². The number of benzene rings is 1. The summed E-state index contributed by atoms with van der Waals surface area (Å²) in [6.45, 7) is 3.90. The van der Waals surface area contributed by atoms with Crippen molar-refractivity contribution in [3.63, 3.8) is 0 Å². The average molecular weight is 351 g/mol. The molecule has 6 nitrogen and oxygen atoms in total. The summed E-state index contributed by atoms with van der Waals surface area (Å²) in [5.74, 6) is -1.10. The number of hydrogen-bond donors (Lipinski definition) is 3. The van der Waals surface area contributed by atoms with Gasteiger partial charge in [0, 0.05) is 18.7 Å². The second-order valence-corrected chi connectivity index (χ2v) is 6.84. The molecular formula is C18H26FN3O3. The van der Waals surface area contributed by atoms with Crippen molar-refractivity contribution in [2.75, 3.05) is 24.4 Å². The molecule has 1 aliphatic rings. The zero-order valence-electron chi connectivity index (χ0n) is 14.9. The lowest BCUT2D eigenvalue weighted by Crippen LogP contribution is -2.51. The van der Waals surface area contributed by atoms with E-state index in [1.165, 1.54) is 18.2 Å². The predicted octanol–water partition coefficient (Wildman–Crippen LogP) is 3.50. The number of nitrogens with one attached hydrogen (secondary N) is 3. The fourth-order valence-electron chi connectivity index (χ4n) is 3.01. The van der Waals surface area contributed by atoms with Crippen molar-refractivity contribution in [2.24, 2.45) is 5.92 Å². The minimum absolute atomic E-state index is 0.0453. The summed E-state index contributed by atoms with van der Waals surface area (Å²) >= 11 is 0. The van der Waals surface area contributed by atoms with Crippen LogP contribution in [-0.4, -0.2) is 31.2 Å². The van der Waals surface area contributed by atoms with Crippen molar-refractivity contribution < 1.29 is 18.7 Å². The minimum atomic E-state index is -0.549. The van der Waals surface area contributed by atoms with Gasteiger partial charge in [0.25, 0.3) is 0 Å². The SMILES string of the molecule is COCC1(NC(=O)Nc2ccc(F)c(NC(=O)C(C)C)c2)CCCC1. The van der Waals surface area contributed by atoms with E-state index in [2.05, 4.69) is 16.0 Å². The molecule has 3 amide bonds. The highest BCUT2D eigenvalue weighted by Crippen LogP contribution is 2.30. The van der Waals surface area contributed by atoms with Gasteiger partial charge in [0.1, 0.15) is 5.82 Å². The number of carbonyl (C=O) groups is 2. The highest BCUT2D eigenvalue weighted by molar-refractivity contribution is 5.94. The van der Waals surface area contributed by atoms with Gasteiger partial charge in [0.2, 0.25) is 5.91 Å². The van der Waals surface area contributed by atoms with Crippen molar-refractivity contribution in [2.45, 2.75) is 45.1 Å². The highest BCUT2D eigenvalue weighted by Gasteiger charge is 2.35. The van der Waals surface area contributed by atoms with E-state index in [4.69, 9.17) is 4.74 Å². The molecule has 1 aliphatic carbocycles. The van der Waals surface area contributed by atoms with Crippen LogP contribution in [0, 0.1) is 11.7 Å². The lowest BCUT2D eigenvalue weighted by atomic mass is 9.99. The Bertz CT molecular complexity index is 628. The molecule has 25 heavy (non-hydrogen) atoms. The van der Waals surface area contributed by atoms with Gasteiger partial charge in [0.15, 0.2) is 0 Å². The van der Waals surface area contributed by atoms with Crippen molar-refractivity contribution in [3.8, 4) is 0 Å². The fourth-order valence-corrected chi connectivity index (χ4v) is 3.01. The standard InChI is InChI=1S/C18H26FN3O3/c1-12(2)16(23)21-15-10-13(6-7-14(15)19)20-17(24)22-18(11-25-3)8-4-5-9-18/h6-7,10,12H,4-5,8-9,11H2,1-3H3,(H,21,23)(H2,20,22,24). The monoisotopic (exact) mass is 351 g/mol. The molecule has 1 aromatic carbocycles. The lowest BCUT2D eigenvalue weighted by Gasteiger charge is -2.29. The van der Waals surface area contributed by atoms with Crippen LogP contribution in [0.2, 0.25) is 0 Å². The van der Waals surface area contributed by atoms with Crippen molar-refractivity contribution in [3.05, 3.63) is 24.0 Å². The summed E-state index contributed by atoms with van der Waals surface area (Å²) in [4.78, 5) is 24.1. The van der Waals surface area contributed by atoms with Gasteiger partial charge in [-0.15, -0.1) is 0 Å². The first-order valence-corrected chi connectivity index (χ1v) is 8.54. The Morgan fingerprint density at radius 3 is 2.52 bits per heavy atom. The zero-order valence-corrected chi connectivity index (χ0v) is 14.9. The second kappa shape index (κ2) is 8.29. The third-order valence-corrected chi connectivity index (χ3v) is 4.37. The summed E-state index contributed by atoms with van der Waals surface area (Å²) in [6.07, 6.45) is 3.83. The van der Waals surface area contributed by atoms with Crippen LogP contribution in [0.1, 0.15) is 39.5 Å². The number of rotatable bonds is 6. The van der Waals surface area contributed by atoms with Crippen LogP contribution < -0.4 is 16.0 Å². The Labute approximate surface area is 147 Å².